The van der Waals surface area contributed by atoms with E-state index in [1.54, 1.807) is 18.2 Å². The average molecular weight is 510 g/mol. The number of ether oxygens (including phenoxy) is 1. The van der Waals surface area contributed by atoms with Crippen LogP contribution < -0.4 is 16.0 Å². The number of rotatable bonds is 10. The van der Waals surface area contributed by atoms with Gasteiger partial charge in [-0.1, -0.05) is 0 Å². The lowest BCUT2D eigenvalue weighted by molar-refractivity contribution is 0.0378. The third kappa shape index (κ3) is 7.50. The Morgan fingerprint density at radius 2 is 1.61 bits per heavy atom. The second-order valence-electron chi connectivity index (χ2n) is 8.97. The number of nitriles is 2. The molecule has 10 heteroatoms. The first-order valence-electron chi connectivity index (χ1n) is 12.6. The van der Waals surface area contributed by atoms with Crippen molar-refractivity contribution in [3.8, 4) is 12.1 Å². The minimum Gasteiger partial charge on any atom is -0.379 e. The van der Waals surface area contributed by atoms with Crippen LogP contribution in [0.4, 0.5) is 29.2 Å². The highest BCUT2D eigenvalue weighted by molar-refractivity contribution is 5.68. The average Bonchev–Trinajstić information content (AvgIpc) is 2.93. The highest BCUT2D eigenvalue weighted by Gasteiger charge is 2.12. The quantitative estimate of drug-likeness (QED) is 0.264. The normalized spacial score (nSPS) is 13.6. The van der Waals surface area contributed by atoms with Crippen LogP contribution in [0.1, 0.15) is 28.7 Å². The van der Waals surface area contributed by atoms with Gasteiger partial charge in [0, 0.05) is 37.1 Å². The number of aryl methyl sites for hydroxylation is 2. The summed E-state index contributed by atoms with van der Waals surface area (Å²) in [4.78, 5) is 16.2. The number of allylic oxidation sites excluding steroid dienone is 1. The fraction of sp³-hybridized carbons (Fsp3) is 0.321. The lowest BCUT2D eigenvalue weighted by Gasteiger charge is -2.26. The Bertz CT molecular complexity index is 1330. The molecule has 1 fully saturated rings. The summed E-state index contributed by atoms with van der Waals surface area (Å²) in [5.74, 6) is 1.25. The number of anilines is 5. The van der Waals surface area contributed by atoms with Crippen molar-refractivity contribution in [3.63, 3.8) is 0 Å². The van der Waals surface area contributed by atoms with Crippen molar-refractivity contribution in [1.82, 2.24) is 19.9 Å². The molecule has 2 aromatic carbocycles. The predicted octanol–water partition coefficient (Wildman–Crippen LogP) is 4.52. The maximum absolute atomic E-state index is 9.07. The molecule has 194 valence electrons. The number of benzene rings is 2. The Labute approximate surface area is 223 Å². The van der Waals surface area contributed by atoms with Gasteiger partial charge in [0.15, 0.2) is 0 Å². The Kier molecular flexibility index (Phi) is 9.19. The molecule has 0 saturated carbocycles. The van der Waals surface area contributed by atoms with Gasteiger partial charge in [-0.15, -0.1) is 0 Å². The molecular weight excluding hydrogens is 478 g/mol. The van der Waals surface area contributed by atoms with Crippen molar-refractivity contribution < 1.29 is 4.74 Å². The van der Waals surface area contributed by atoms with Gasteiger partial charge in [0.05, 0.1) is 30.9 Å². The zero-order valence-corrected chi connectivity index (χ0v) is 21.7. The lowest BCUT2D eigenvalue weighted by Crippen LogP contribution is -2.37. The van der Waals surface area contributed by atoms with E-state index in [0.29, 0.717) is 23.4 Å². The molecule has 1 aliphatic rings. The maximum Gasteiger partial charge on any atom is 0.233 e. The molecule has 1 aliphatic heterocycles. The summed E-state index contributed by atoms with van der Waals surface area (Å²) in [6, 6.07) is 15.3. The first-order valence-corrected chi connectivity index (χ1v) is 12.6. The molecule has 1 aromatic heterocycles. The predicted molar refractivity (Wildman–Crippen MR) is 148 cm³/mol. The zero-order valence-electron chi connectivity index (χ0n) is 21.7. The van der Waals surface area contributed by atoms with Gasteiger partial charge in [-0.2, -0.15) is 25.5 Å². The first-order chi connectivity index (χ1) is 18.5. The van der Waals surface area contributed by atoms with Gasteiger partial charge < -0.3 is 20.7 Å². The SMILES string of the molecule is Cc1cc(/C=C/C#N)cc(C)c1Nc1nc(NCCCN2CCOCC2)nc(Nc2ccc(C#N)cc2)n1. The second-order valence-corrected chi connectivity index (χ2v) is 8.97. The second kappa shape index (κ2) is 13.2. The molecule has 0 unspecified atom stereocenters. The van der Waals surface area contributed by atoms with Gasteiger partial charge in [0.1, 0.15) is 0 Å². The highest BCUT2D eigenvalue weighted by Crippen LogP contribution is 2.26. The molecule has 10 nitrogen and oxygen atoms in total. The Hall–Kier alpha value is -4.51. The molecule has 0 aliphatic carbocycles. The van der Waals surface area contributed by atoms with Crippen molar-refractivity contribution >= 4 is 35.3 Å². The van der Waals surface area contributed by atoms with Crippen LogP contribution in [0.3, 0.4) is 0 Å². The molecule has 1 saturated heterocycles. The number of hydrogen-bond donors (Lipinski definition) is 3. The van der Waals surface area contributed by atoms with E-state index >= 15 is 0 Å². The van der Waals surface area contributed by atoms with Gasteiger partial charge >= 0.3 is 0 Å². The molecule has 3 N–H and O–H groups in total. The molecule has 2 heterocycles. The monoisotopic (exact) mass is 509 g/mol. The minimum absolute atomic E-state index is 0.381. The largest absolute Gasteiger partial charge is 0.379 e. The van der Waals surface area contributed by atoms with Crippen LogP contribution in [-0.2, 0) is 4.74 Å². The van der Waals surface area contributed by atoms with E-state index in [-0.39, 0.29) is 0 Å². The fourth-order valence-electron chi connectivity index (χ4n) is 4.19. The molecule has 0 radical (unpaired) electrons. The van der Waals surface area contributed by atoms with Gasteiger partial charge in [-0.05, 0) is 86.0 Å². The van der Waals surface area contributed by atoms with Gasteiger partial charge in [-0.25, -0.2) is 0 Å². The minimum atomic E-state index is 0.381. The molecule has 0 atom stereocenters. The van der Waals surface area contributed by atoms with Crippen LogP contribution in [0.5, 0.6) is 0 Å². The smallest absolute Gasteiger partial charge is 0.233 e. The summed E-state index contributed by atoms with van der Waals surface area (Å²) in [5.41, 5.74) is 5.20. The van der Waals surface area contributed by atoms with E-state index in [0.717, 1.165) is 73.9 Å². The van der Waals surface area contributed by atoms with Crippen molar-refractivity contribution in [3.05, 3.63) is 64.7 Å². The number of nitrogens with zero attached hydrogens (tertiary/aromatic N) is 6. The van der Waals surface area contributed by atoms with Gasteiger partial charge in [0.25, 0.3) is 0 Å². The van der Waals surface area contributed by atoms with Crippen LogP contribution in [0.15, 0.2) is 42.5 Å². The van der Waals surface area contributed by atoms with Crippen LogP contribution in [0.25, 0.3) is 6.08 Å². The van der Waals surface area contributed by atoms with Crippen molar-refractivity contribution in [2.45, 2.75) is 20.3 Å². The number of hydrogen-bond acceptors (Lipinski definition) is 10. The summed E-state index contributed by atoms with van der Waals surface area (Å²) in [7, 11) is 0. The van der Waals surface area contributed by atoms with Crippen molar-refractivity contribution in [1.29, 1.82) is 10.5 Å². The molecule has 0 amide bonds. The van der Waals surface area contributed by atoms with E-state index in [1.807, 2.05) is 44.2 Å². The number of aromatic nitrogens is 3. The third-order valence-corrected chi connectivity index (χ3v) is 6.09. The van der Waals surface area contributed by atoms with Crippen LogP contribution in [0, 0.1) is 36.5 Å². The summed E-state index contributed by atoms with van der Waals surface area (Å²) < 4.78 is 5.42. The van der Waals surface area contributed by atoms with E-state index in [9.17, 15) is 0 Å². The standard InChI is InChI=1S/C28H31N9O/c1-20-17-23(5-3-10-29)18-21(2)25(20)33-28-35-26(31-11-4-12-37-13-15-38-16-14-37)34-27(36-28)32-24-8-6-22(19-30)7-9-24/h3,5-9,17-18H,4,11-16H2,1-2H3,(H3,31,32,33,34,35,36)/b5-3+. The van der Waals surface area contributed by atoms with E-state index in [4.69, 9.17) is 15.3 Å². The zero-order chi connectivity index (χ0) is 26.7. The first kappa shape index (κ1) is 26.6. The van der Waals surface area contributed by atoms with Crippen LogP contribution >= 0.6 is 0 Å². The molecular formula is C28H31N9O. The fourth-order valence-corrected chi connectivity index (χ4v) is 4.19. The summed E-state index contributed by atoms with van der Waals surface area (Å²) in [6.45, 7) is 9.19. The van der Waals surface area contributed by atoms with Crippen LogP contribution in [-0.4, -0.2) is 59.2 Å². The van der Waals surface area contributed by atoms with E-state index < -0.39 is 0 Å². The number of nitrogens with one attached hydrogen (secondary N) is 3. The molecule has 3 aromatic rings. The van der Waals surface area contributed by atoms with Crippen LogP contribution in [0.2, 0.25) is 0 Å². The van der Waals surface area contributed by atoms with Crippen molar-refractivity contribution in [2.75, 3.05) is 55.3 Å². The van der Waals surface area contributed by atoms with Gasteiger partial charge in [0.2, 0.25) is 17.8 Å². The Morgan fingerprint density at radius 1 is 0.947 bits per heavy atom. The van der Waals surface area contributed by atoms with E-state index in [2.05, 4.69) is 41.9 Å². The molecule has 0 spiro atoms. The van der Waals surface area contributed by atoms with E-state index in [1.165, 1.54) is 6.08 Å². The Morgan fingerprint density at radius 3 is 2.26 bits per heavy atom. The lowest BCUT2D eigenvalue weighted by atomic mass is 10.0. The maximum atomic E-state index is 9.07. The summed E-state index contributed by atoms with van der Waals surface area (Å²) in [6.07, 6.45) is 4.19. The highest BCUT2D eigenvalue weighted by atomic mass is 16.5. The number of morpholine rings is 1. The summed E-state index contributed by atoms with van der Waals surface area (Å²) in [5, 5.41) is 27.8. The topological polar surface area (TPSA) is 135 Å². The van der Waals surface area contributed by atoms with Crippen molar-refractivity contribution in [2.24, 2.45) is 0 Å². The molecule has 4 rings (SSSR count). The Balaban J connectivity index is 1.53. The van der Waals surface area contributed by atoms with Gasteiger partial charge in [-0.3, -0.25) is 4.90 Å². The molecule has 38 heavy (non-hydrogen) atoms. The third-order valence-electron chi connectivity index (χ3n) is 6.09. The molecule has 0 bridgehead atoms. The summed E-state index contributed by atoms with van der Waals surface area (Å²) >= 11 is 0.